The highest BCUT2D eigenvalue weighted by atomic mass is 16.2. The number of hydrogen-bond donors (Lipinski definition) is 1. The van der Waals surface area contributed by atoms with E-state index >= 15 is 0 Å². The van der Waals surface area contributed by atoms with Crippen LogP contribution in [0.1, 0.15) is 19.8 Å². The monoisotopic (exact) mass is 186 g/mol. The molecule has 0 aliphatic carbocycles. The van der Waals surface area contributed by atoms with E-state index in [1.807, 2.05) is 0 Å². The van der Waals surface area contributed by atoms with E-state index in [-0.39, 0.29) is 6.61 Å². The molecule has 0 saturated heterocycles. The van der Waals surface area contributed by atoms with Crippen molar-refractivity contribution in [2.75, 3.05) is 19.7 Å². The molecule has 0 aliphatic rings. The lowest BCUT2D eigenvalue weighted by molar-refractivity contribution is 0.318. The number of carbonyl (C=O) groups excluding carboxylic acids is 2. The average Bonchev–Trinajstić information content (AvgIpc) is 2.13. The molecule has 0 radical (unpaired) electrons. The van der Waals surface area contributed by atoms with Crippen molar-refractivity contribution in [1.29, 1.82) is 0 Å². The molecular formula is C8H14N2O3. The van der Waals surface area contributed by atoms with Crippen LogP contribution in [0.25, 0.3) is 0 Å². The molecular weight excluding hydrogens is 172 g/mol. The number of aliphatic hydroxyl groups is 1. The van der Waals surface area contributed by atoms with Crippen LogP contribution in [0.15, 0.2) is 9.98 Å². The highest BCUT2D eigenvalue weighted by Gasteiger charge is 1.83. The molecule has 0 aromatic heterocycles. The van der Waals surface area contributed by atoms with E-state index in [9.17, 15) is 9.59 Å². The predicted molar refractivity (Wildman–Crippen MR) is 48.0 cm³/mol. The maximum Gasteiger partial charge on any atom is 0.234 e. The molecule has 5 nitrogen and oxygen atoms in total. The summed E-state index contributed by atoms with van der Waals surface area (Å²) in [6, 6.07) is 0. The average molecular weight is 186 g/mol. The van der Waals surface area contributed by atoms with Crippen molar-refractivity contribution in [2.24, 2.45) is 9.98 Å². The third-order valence-corrected chi connectivity index (χ3v) is 0.919. The Hall–Kier alpha value is -1.28. The molecule has 13 heavy (non-hydrogen) atoms. The first-order valence-electron chi connectivity index (χ1n) is 4.01. The van der Waals surface area contributed by atoms with Crippen molar-refractivity contribution in [3.63, 3.8) is 0 Å². The van der Waals surface area contributed by atoms with Gasteiger partial charge in [0.15, 0.2) is 0 Å². The quantitative estimate of drug-likeness (QED) is 0.384. The van der Waals surface area contributed by atoms with Crippen LogP contribution in [0.4, 0.5) is 0 Å². The maximum atomic E-state index is 9.52. The van der Waals surface area contributed by atoms with Crippen LogP contribution in [-0.2, 0) is 9.59 Å². The zero-order chi connectivity index (χ0) is 10.4. The van der Waals surface area contributed by atoms with Crippen molar-refractivity contribution in [3.8, 4) is 0 Å². The molecule has 0 amide bonds. The number of aliphatic imine (C=N–C) groups is 2. The van der Waals surface area contributed by atoms with E-state index in [1.54, 1.807) is 6.92 Å². The Labute approximate surface area is 77.2 Å². The van der Waals surface area contributed by atoms with E-state index in [1.165, 1.54) is 12.2 Å². The van der Waals surface area contributed by atoms with E-state index < -0.39 is 0 Å². The summed E-state index contributed by atoms with van der Waals surface area (Å²) in [6.07, 6.45) is 4.38. The van der Waals surface area contributed by atoms with Crippen LogP contribution in [-0.4, -0.2) is 37.0 Å². The topological polar surface area (TPSA) is 79.1 Å². The van der Waals surface area contributed by atoms with E-state index in [0.717, 1.165) is 12.8 Å². The van der Waals surface area contributed by atoms with Crippen molar-refractivity contribution in [1.82, 2.24) is 0 Å². The van der Waals surface area contributed by atoms with Crippen LogP contribution < -0.4 is 0 Å². The van der Waals surface area contributed by atoms with Crippen LogP contribution in [0, 0.1) is 0 Å². The van der Waals surface area contributed by atoms with Crippen molar-refractivity contribution < 1.29 is 14.7 Å². The van der Waals surface area contributed by atoms with E-state index in [4.69, 9.17) is 5.11 Å². The number of aliphatic hydroxyl groups excluding tert-OH is 1. The third kappa shape index (κ3) is 24.9. The van der Waals surface area contributed by atoms with Gasteiger partial charge in [-0.15, -0.1) is 0 Å². The van der Waals surface area contributed by atoms with Gasteiger partial charge in [-0.1, -0.05) is 0 Å². The largest absolute Gasteiger partial charge is 0.397 e. The highest BCUT2D eigenvalue weighted by Crippen LogP contribution is 1.88. The number of nitrogens with zero attached hydrogens (tertiary/aromatic N) is 2. The van der Waals surface area contributed by atoms with Gasteiger partial charge in [0, 0.05) is 6.61 Å². The van der Waals surface area contributed by atoms with Crippen molar-refractivity contribution in [3.05, 3.63) is 0 Å². The Morgan fingerprint density at radius 3 is 1.62 bits per heavy atom. The second kappa shape index (κ2) is 17.0. The number of unbranched alkanes of at least 4 members (excludes halogenated alkanes) is 1. The summed E-state index contributed by atoms with van der Waals surface area (Å²) in [7, 11) is 0. The molecule has 0 fully saturated rings. The molecule has 0 bridgehead atoms. The van der Waals surface area contributed by atoms with Gasteiger partial charge in [0.2, 0.25) is 12.2 Å². The lowest BCUT2D eigenvalue weighted by Gasteiger charge is -1.87. The summed E-state index contributed by atoms with van der Waals surface area (Å²) in [5.41, 5.74) is 0. The van der Waals surface area contributed by atoms with Gasteiger partial charge in [-0.25, -0.2) is 19.6 Å². The van der Waals surface area contributed by atoms with Crippen LogP contribution >= 0.6 is 0 Å². The smallest absolute Gasteiger partial charge is 0.234 e. The summed E-state index contributed by atoms with van der Waals surface area (Å²) in [6.45, 7) is 2.87. The Morgan fingerprint density at radius 2 is 1.38 bits per heavy atom. The molecule has 0 aromatic carbocycles. The SMILES string of the molecule is CCO.O=C=NCCCCN=C=O. The van der Waals surface area contributed by atoms with Crippen molar-refractivity contribution >= 4 is 12.2 Å². The summed E-state index contributed by atoms with van der Waals surface area (Å²) < 4.78 is 0. The van der Waals surface area contributed by atoms with Crippen molar-refractivity contribution in [2.45, 2.75) is 19.8 Å². The van der Waals surface area contributed by atoms with Gasteiger partial charge in [-0.3, -0.25) is 0 Å². The standard InChI is InChI=1S/C6H8N2O2.C2H6O/c9-5-7-3-1-2-4-8-6-10;1-2-3/h1-4H2;3H,2H2,1H3. The zero-order valence-corrected chi connectivity index (χ0v) is 7.69. The first-order valence-corrected chi connectivity index (χ1v) is 4.01. The lowest BCUT2D eigenvalue weighted by Crippen LogP contribution is -1.84. The molecule has 0 unspecified atom stereocenters. The minimum absolute atomic E-state index is 0.250. The molecule has 0 spiro atoms. The highest BCUT2D eigenvalue weighted by molar-refractivity contribution is 5.33. The third-order valence-electron chi connectivity index (χ3n) is 0.919. The fourth-order valence-corrected chi connectivity index (χ4v) is 0.473. The Bertz CT molecular complexity index is 162. The summed E-state index contributed by atoms with van der Waals surface area (Å²) >= 11 is 0. The Kier molecular flexibility index (Phi) is 18.6. The first-order chi connectivity index (χ1) is 6.33. The molecule has 0 atom stereocenters. The molecule has 1 N–H and O–H groups in total. The second-order valence-electron chi connectivity index (χ2n) is 1.97. The molecule has 0 saturated carbocycles. The van der Waals surface area contributed by atoms with Gasteiger partial charge in [-0.05, 0) is 19.8 Å². The lowest BCUT2D eigenvalue weighted by atomic mass is 10.3. The van der Waals surface area contributed by atoms with E-state index in [2.05, 4.69) is 9.98 Å². The Morgan fingerprint density at radius 1 is 1.08 bits per heavy atom. The molecule has 0 aromatic rings. The molecule has 0 rings (SSSR count). The van der Waals surface area contributed by atoms with Gasteiger partial charge < -0.3 is 5.11 Å². The Balaban J connectivity index is 0. The molecule has 0 heterocycles. The predicted octanol–water partition coefficient (Wildman–Crippen LogP) is 0.437. The zero-order valence-electron chi connectivity index (χ0n) is 7.69. The molecule has 5 heteroatoms. The van der Waals surface area contributed by atoms with Crippen LogP contribution in [0.3, 0.4) is 0 Å². The van der Waals surface area contributed by atoms with E-state index in [0.29, 0.717) is 13.1 Å². The molecule has 0 aliphatic heterocycles. The second-order valence-corrected chi connectivity index (χ2v) is 1.97. The fraction of sp³-hybridized carbons (Fsp3) is 0.750. The summed E-state index contributed by atoms with van der Waals surface area (Å²) in [4.78, 5) is 25.7. The number of isocyanates is 2. The minimum atomic E-state index is 0.250. The summed E-state index contributed by atoms with van der Waals surface area (Å²) in [5.74, 6) is 0. The maximum absolute atomic E-state index is 9.52. The van der Waals surface area contributed by atoms with Crippen LogP contribution in [0.5, 0.6) is 0 Å². The number of rotatable bonds is 5. The van der Waals surface area contributed by atoms with Gasteiger partial charge in [-0.2, -0.15) is 0 Å². The molecule has 74 valence electrons. The van der Waals surface area contributed by atoms with Gasteiger partial charge in [0.05, 0.1) is 13.1 Å². The van der Waals surface area contributed by atoms with Gasteiger partial charge in [0.1, 0.15) is 0 Å². The number of hydrogen-bond acceptors (Lipinski definition) is 5. The van der Waals surface area contributed by atoms with Gasteiger partial charge in [0.25, 0.3) is 0 Å². The first kappa shape index (κ1) is 14.3. The fourth-order valence-electron chi connectivity index (χ4n) is 0.473. The van der Waals surface area contributed by atoms with Gasteiger partial charge >= 0.3 is 0 Å². The van der Waals surface area contributed by atoms with Crippen LogP contribution in [0.2, 0.25) is 0 Å². The normalized spacial score (nSPS) is 7.23. The minimum Gasteiger partial charge on any atom is -0.397 e. The summed E-state index contributed by atoms with van der Waals surface area (Å²) in [5, 5.41) is 7.57.